The summed E-state index contributed by atoms with van der Waals surface area (Å²) in [7, 11) is 1.87. The monoisotopic (exact) mass is 372 g/mol. The highest BCUT2D eigenvalue weighted by Crippen LogP contribution is 2.28. The topological polar surface area (TPSA) is 32.3 Å². The largest absolute Gasteiger partial charge is 0.328 e. The third kappa shape index (κ3) is 9.65. The molecule has 1 rings (SSSR count). The zero-order valence-electron chi connectivity index (χ0n) is 17.8. The van der Waals surface area contributed by atoms with Gasteiger partial charge in [-0.2, -0.15) is 0 Å². The summed E-state index contributed by atoms with van der Waals surface area (Å²) in [6.07, 6.45) is 14.0. The second kappa shape index (κ2) is 14.3. The van der Waals surface area contributed by atoms with Gasteiger partial charge in [-0.3, -0.25) is 0 Å². The van der Waals surface area contributed by atoms with Crippen LogP contribution in [0.1, 0.15) is 89.5 Å². The van der Waals surface area contributed by atoms with Crippen molar-refractivity contribution in [3.8, 4) is 0 Å². The van der Waals surface area contributed by atoms with E-state index in [1.54, 1.807) is 4.90 Å². The molecule has 1 unspecified atom stereocenters. The molecule has 0 aromatic heterocycles. The van der Waals surface area contributed by atoms with Crippen molar-refractivity contribution in [2.24, 2.45) is 0 Å². The van der Waals surface area contributed by atoms with Crippen molar-refractivity contribution < 1.29 is 4.79 Å². The van der Waals surface area contributed by atoms with Crippen LogP contribution < -0.4 is 5.32 Å². The fourth-order valence-corrected chi connectivity index (χ4v) is 3.44. The lowest BCUT2D eigenvalue weighted by molar-refractivity contribution is 0.221. The molecule has 0 radical (unpaired) electrons. The van der Waals surface area contributed by atoms with Crippen molar-refractivity contribution in [1.82, 2.24) is 4.90 Å². The zero-order valence-corrected chi connectivity index (χ0v) is 17.8. The van der Waals surface area contributed by atoms with Crippen molar-refractivity contribution >= 4 is 11.7 Å². The molecule has 0 fully saturated rings. The van der Waals surface area contributed by atoms with Gasteiger partial charge < -0.3 is 10.2 Å². The van der Waals surface area contributed by atoms with Crippen molar-refractivity contribution in [2.45, 2.75) is 84.0 Å². The number of rotatable bonds is 14. The normalized spacial score (nSPS) is 11.8. The minimum Gasteiger partial charge on any atom is -0.328 e. The maximum atomic E-state index is 12.3. The number of urea groups is 1. The molecule has 0 bridgehead atoms. The molecule has 0 spiro atoms. The lowest BCUT2D eigenvalue weighted by atomic mass is 9.89. The van der Waals surface area contributed by atoms with E-state index in [2.05, 4.69) is 37.9 Å². The summed E-state index contributed by atoms with van der Waals surface area (Å²) in [5, 5.41) is 3.02. The van der Waals surface area contributed by atoms with E-state index >= 15 is 0 Å². The number of carbonyl (C=O) groups excluding carboxylic acids is 1. The number of unbranched alkanes of at least 4 members (excludes halogenated alkanes) is 5. The third-order valence-electron chi connectivity index (χ3n) is 5.18. The predicted octanol–water partition coefficient (Wildman–Crippen LogP) is 7.36. The summed E-state index contributed by atoms with van der Waals surface area (Å²) in [4.78, 5) is 14.1. The quantitative estimate of drug-likeness (QED) is 0.268. The molecule has 1 N–H and O–H groups in total. The van der Waals surface area contributed by atoms with Crippen LogP contribution in [-0.2, 0) is 0 Å². The van der Waals surface area contributed by atoms with E-state index in [1.807, 2.05) is 25.3 Å². The van der Waals surface area contributed by atoms with Crippen LogP contribution in [0.4, 0.5) is 10.5 Å². The van der Waals surface area contributed by atoms with E-state index in [0.717, 1.165) is 25.1 Å². The fourth-order valence-electron chi connectivity index (χ4n) is 3.44. The maximum absolute atomic E-state index is 12.3. The summed E-state index contributed by atoms with van der Waals surface area (Å²) in [6, 6.07) is 8.44. The summed E-state index contributed by atoms with van der Waals surface area (Å²) < 4.78 is 0. The van der Waals surface area contributed by atoms with Crippen LogP contribution >= 0.6 is 0 Å². The number of nitrogens with one attached hydrogen (secondary N) is 1. The summed E-state index contributed by atoms with van der Waals surface area (Å²) in [5.41, 5.74) is 2.27. The van der Waals surface area contributed by atoms with Crippen molar-refractivity contribution in [2.75, 3.05) is 18.9 Å². The van der Waals surface area contributed by atoms with Gasteiger partial charge in [0, 0.05) is 19.3 Å². The van der Waals surface area contributed by atoms with Crippen LogP contribution in [0.25, 0.3) is 0 Å². The highest BCUT2D eigenvalue weighted by Gasteiger charge is 2.12. The number of carbonyl (C=O) groups is 1. The Hall–Kier alpha value is -1.77. The van der Waals surface area contributed by atoms with Crippen LogP contribution in [0.2, 0.25) is 0 Å². The van der Waals surface area contributed by atoms with Gasteiger partial charge in [-0.25, -0.2) is 4.79 Å². The van der Waals surface area contributed by atoms with Crippen LogP contribution in [0.5, 0.6) is 0 Å². The molecule has 0 aliphatic heterocycles. The molecule has 0 saturated carbocycles. The molecule has 152 valence electrons. The second-order valence-electron chi connectivity index (χ2n) is 7.59. The fraction of sp³-hybridized carbons (Fsp3) is 0.625. The SMILES string of the molecule is C=CCCCCC(CCC)c1ccc(NC(=O)N(C)CCCCCC)cc1. The second-order valence-corrected chi connectivity index (χ2v) is 7.59. The molecule has 0 aliphatic carbocycles. The molecule has 1 aromatic rings. The van der Waals surface area contributed by atoms with Gasteiger partial charge >= 0.3 is 6.03 Å². The Bertz CT molecular complexity index is 524. The zero-order chi connectivity index (χ0) is 19.9. The summed E-state index contributed by atoms with van der Waals surface area (Å²) in [5.74, 6) is 0.616. The van der Waals surface area contributed by atoms with E-state index in [4.69, 9.17) is 0 Å². The van der Waals surface area contributed by atoms with Gasteiger partial charge in [-0.1, -0.05) is 64.2 Å². The third-order valence-corrected chi connectivity index (χ3v) is 5.18. The van der Waals surface area contributed by atoms with E-state index in [1.165, 1.54) is 56.9 Å². The molecule has 0 saturated heterocycles. The highest BCUT2D eigenvalue weighted by atomic mass is 16.2. The Kier molecular flexibility index (Phi) is 12.3. The summed E-state index contributed by atoms with van der Waals surface area (Å²) in [6.45, 7) is 9.07. The smallest absolute Gasteiger partial charge is 0.321 e. The Morgan fingerprint density at radius 3 is 2.41 bits per heavy atom. The molecule has 1 atom stereocenters. The van der Waals surface area contributed by atoms with Crippen LogP contribution in [0, 0.1) is 0 Å². The van der Waals surface area contributed by atoms with E-state index < -0.39 is 0 Å². The lowest BCUT2D eigenvalue weighted by Gasteiger charge is -2.19. The average Bonchev–Trinajstić information content (AvgIpc) is 2.68. The van der Waals surface area contributed by atoms with Gasteiger partial charge in [0.1, 0.15) is 0 Å². The van der Waals surface area contributed by atoms with Gasteiger partial charge in [0.05, 0.1) is 0 Å². The standard InChI is InChI=1S/C24H40N2O/c1-5-8-10-12-15-21(14-7-3)22-16-18-23(19-17-22)25-24(27)26(4)20-13-11-9-6-2/h5,16-19,21H,1,6-15,20H2,2-4H3,(H,25,27). The number of allylic oxidation sites excluding steroid dienone is 1. The molecule has 27 heavy (non-hydrogen) atoms. The molecule has 1 aromatic carbocycles. The van der Waals surface area contributed by atoms with Crippen LogP contribution in [0.15, 0.2) is 36.9 Å². The van der Waals surface area contributed by atoms with Gasteiger partial charge in [0.15, 0.2) is 0 Å². The van der Waals surface area contributed by atoms with E-state index in [-0.39, 0.29) is 6.03 Å². The van der Waals surface area contributed by atoms with Crippen LogP contribution in [0.3, 0.4) is 0 Å². The first-order valence-electron chi connectivity index (χ1n) is 10.8. The molecule has 3 heteroatoms. The first-order valence-corrected chi connectivity index (χ1v) is 10.8. The first kappa shape index (κ1) is 23.3. The van der Waals surface area contributed by atoms with Crippen molar-refractivity contribution in [3.05, 3.63) is 42.5 Å². The highest BCUT2D eigenvalue weighted by molar-refractivity contribution is 5.89. The van der Waals surface area contributed by atoms with Gasteiger partial charge in [0.25, 0.3) is 0 Å². The van der Waals surface area contributed by atoms with Crippen LogP contribution in [-0.4, -0.2) is 24.5 Å². The minimum atomic E-state index is -0.0196. The molecule has 2 amide bonds. The first-order chi connectivity index (χ1) is 13.1. The number of nitrogens with zero attached hydrogens (tertiary/aromatic N) is 1. The molecular weight excluding hydrogens is 332 g/mol. The van der Waals surface area contributed by atoms with Gasteiger partial charge in [-0.15, -0.1) is 6.58 Å². The van der Waals surface area contributed by atoms with E-state index in [9.17, 15) is 4.79 Å². The van der Waals surface area contributed by atoms with Gasteiger partial charge in [-0.05, 0) is 55.7 Å². The average molecular weight is 373 g/mol. The number of hydrogen-bond acceptors (Lipinski definition) is 1. The minimum absolute atomic E-state index is 0.0196. The lowest BCUT2D eigenvalue weighted by Crippen LogP contribution is -2.32. The molecule has 0 heterocycles. The van der Waals surface area contributed by atoms with Crippen molar-refractivity contribution in [3.63, 3.8) is 0 Å². The number of hydrogen-bond donors (Lipinski definition) is 1. The predicted molar refractivity (Wildman–Crippen MR) is 119 cm³/mol. The maximum Gasteiger partial charge on any atom is 0.321 e. The number of anilines is 1. The van der Waals surface area contributed by atoms with Gasteiger partial charge in [0.2, 0.25) is 0 Å². The number of amides is 2. The Balaban J connectivity index is 2.52. The molecule has 0 aliphatic rings. The summed E-state index contributed by atoms with van der Waals surface area (Å²) >= 11 is 0. The van der Waals surface area contributed by atoms with Crippen molar-refractivity contribution in [1.29, 1.82) is 0 Å². The molecule has 3 nitrogen and oxygen atoms in total. The molecular formula is C24H40N2O. The van der Waals surface area contributed by atoms with E-state index in [0.29, 0.717) is 5.92 Å². The Morgan fingerprint density at radius 1 is 1.04 bits per heavy atom. The Morgan fingerprint density at radius 2 is 1.78 bits per heavy atom. The Labute approximate surface area is 167 Å². The number of benzene rings is 1.